The van der Waals surface area contributed by atoms with Crippen LogP contribution in [0.1, 0.15) is 5.56 Å². The molecule has 0 aliphatic rings. The van der Waals surface area contributed by atoms with Crippen molar-refractivity contribution in [2.45, 2.75) is 6.54 Å². The molecule has 8 heteroatoms. The molecule has 6 nitrogen and oxygen atoms in total. The predicted molar refractivity (Wildman–Crippen MR) is 74.8 cm³/mol. The van der Waals surface area contributed by atoms with Gasteiger partial charge in [0.05, 0.1) is 12.7 Å². The maximum atomic E-state index is 13.9. The molecule has 0 saturated carbocycles. The van der Waals surface area contributed by atoms with E-state index in [0.717, 1.165) is 6.07 Å². The van der Waals surface area contributed by atoms with Gasteiger partial charge in [-0.1, -0.05) is 12.1 Å². The quantitative estimate of drug-likeness (QED) is 0.628. The summed E-state index contributed by atoms with van der Waals surface area (Å²) in [4.78, 5) is 12.2. The first-order chi connectivity index (χ1) is 10.1. The van der Waals surface area contributed by atoms with Gasteiger partial charge in [-0.3, -0.25) is 4.79 Å². The van der Waals surface area contributed by atoms with Gasteiger partial charge in [0.1, 0.15) is 11.3 Å². The number of hydrogen-bond donors (Lipinski definition) is 2. The van der Waals surface area contributed by atoms with Crippen molar-refractivity contribution in [2.24, 2.45) is 0 Å². The van der Waals surface area contributed by atoms with Crippen molar-refractivity contribution in [2.75, 3.05) is 0 Å². The molecule has 106 valence electrons. The summed E-state index contributed by atoms with van der Waals surface area (Å²) in [5.41, 5.74) is 0.473. The first-order valence-corrected chi connectivity index (χ1v) is 6.23. The largest absolute Gasteiger partial charge is 0.488 e. The van der Waals surface area contributed by atoms with E-state index in [9.17, 15) is 9.18 Å². The van der Waals surface area contributed by atoms with Crippen molar-refractivity contribution in [3.8, 4) is 0 Å². The van der Waals surface area contributed by atoms with Crippen LogP contribution in [0.15, 0.2) is 47.7 Å². The topological polar surface area (TPSA) is 79.8 Å². The Morgan fingerprint density at radius 3 is 2.76 bits per heavy atom. The molecule has 0 bridgehead atoms. The van der Waals surface area contributed by atoms with Crippen LogP contribution in [0.2, 0.25) is 0 Å². The minimum absolute atomic E-state index is 0.0498. The Bertz CT molecular complexity index is 859. The van der Waals surface area contributed by atoms with Gasteiger partial charge >= 0.3 is 7.12 Å². The smallest absolute Gasteiger partial charge is 0.423 e. The molecule has 0 saturated heterocycles. The fourth-order valence-corrected chi connectivity index (χ4v) is 2.12. The third-order valence-electron chi connectivity index (χ3n) is 3.25. The standard InChI is InChI=1S/C13H11BFN3O3/c15-11-7-10(14(20)21)2-1-9(11)8-17-5-6-18-12(13(17)19)3-4-16-18/h1-7,20-21H,8H2. The first-order valence-electron chi connectivity index (χ1n) is 6.23. The Morgan fingerprint density at radius 2 is 2.05 bits per heavy atom. The van der Waals surface area contributed by atoms with Crippen LogP contribution in [0.5, 0.6) is 0 Å². The van der Waals surface area contributed by atoms with Gasteiger partial charge in [0.2, 0.25) is 0 Å². The molecule has 0 aliphatic carbocycles. The maximum absolute atomic E-state index is 13.9. The van der Waals surface area contributed by atoms with Crippen LogP contribution in [0, 0.1) is 5.82 Å². The molecule has 0 radical (unpaired) electrons. The van der Waals surface area contributed by atoms with Gasteiger partial charge in [0.25, 0.3) is 5.56 Å². The summed E-state index contributed by atoms with van der Waals surface area (Å²) in [5, 5.41) is 21.9. The fourth-order valence-electron chi connectivity index (χ4n) is 2.12. The Balaban J connectivity index is 1.98. The second kappa shape index (κ2) is 5.15. The lowest BCUT2D eigenvalue weighted by atomic mass is 9.80. The number of nitrogens with zero attached hydrogens (tertiary/aromatic N) is 3. The number of hydrogen-bond acceptors (Lipinski definition) is 4. The molecule has 0 spiro atoms. The summed E-state index contributed by atoms with van der Waals surface area (Å²) < 4.78 is 16.7. The van der Waals surface area contributed by atoms with Crippen molar-refractivity contribution in [1.82, 2.24) is 14.2 Å². The summed E-state index contributed by atoms with van der Waals surface area (Å²) in [6.45, 7) is 0.0498. The molecular weight excluding hydrogens is 276 g/mol. The Morgan fingerprint density at radius 1 is 1.24 bits per heavy atom. The average molecular weight is 287 g/mol. The van der Waals surface area contributed by atoms with Crippen LogP contribution in [-0.4, -0.2) is 31.3 Å². The molecule has 0 atom stereocenters. The van der Waals surface area contributed by atoms with Gasteiger partial charge in [-0.2, -0.15) is 5.10 Å². The minimum Gasteiger partial charge on any atom is -0.423 e. The van der Waals surface area contributed by atoms with E-state index in [-0.39, 0.29) is 23.1 Å². The highest BCUT2D eigenvalue weighted by molar-refractivity contribution is 6.58. The molecule has 3 rings (SSSR count). The van der Waals surface area contributed by atoms with Crippen molar-refractivity contribution < 1.29 is 14.4 Å². The van der Waals surface area contributed by atoms with Crippen LogP contribution in [0.25, 0.3) is 5.52 Å². The van der Waals surface area contributed by atoms with Gasteiger partial charge in [0.15, 0.2) is 0 Å². The predicted octanol–water partition coefficient (Wildman–Crippen LogP) is -0.637. The van der Waals surface area contributed by atoms with Crippen molar-refractivity contribution in [3.63, 3.8) is 0 Å². The van der Waals surface area contributed by atoms with E-state index in [1.807, 2.05) is 0 Å². The Labute approximate surface area is 118 Å². The molecule has 0 fully saturated rings. The Hall–Kier alpha value is -2.45. The molecule has 0 aliphatic heterocycles. The number of aromatic nitrogens is 3. The second-order valence-electron chi connectivity index (χ2n) is 4.62. The molecule has 21 heavy (non-hydrogen) atoms. The van der Waals surface area contributed by atoms with Crippen molar-refractivity contribution in [1.29, 1.82) is 0 Å². The third-order valence-corrected chi connectivity index (χ3v) is 3.25. The highest BCUT2D eigenvalue weighted by atomic mass is 19.1. The van der Waals surface area contributed by atoms with E-state index in [1.54, 1.807) is 12.3 Å². The van der Waals surface area contributed by atoms with Crippen LogP contribution in [0.3, 0.4) is 0 Å². The van der Waals surface area contributed by atoms with Gasteiger partial charge in [-0.05, 0) is 17.6 Å². The maximum Gasteiger partial charge on any atom is 0.488 e. The molecule has 1 aromatic carbocycles. The van der Waals surface area contributed by atoms with Crippen LogP contribution < -0.4 is 11.0 Å². The van der Waals surface area contributed by atoms with E-state index in [1.165, 1.54) is 33.6 Å². The van der Waals surface area contributed by atoms with Crippen LogP contribution >= 0.6 is 0 Å². The van der Waals surface area contributed by atoms with Gasteiger partial charge < -0.3 is 14.6 Å². The molecule has 2 heterocycles. The average Bonchev–Trinajstić information content (AvgIpc) is 2.93. The van der Waals surface area contributed by atoms with E-state index >= 15 is 0 Å². The summed E-state index contributed by atoms with van der Waals surface area (Å²) in [6.07, 6.45) is 4.65. The second-order valence-corrected chi connectivity index (χ2v) is 4.62. The van der Waals surface area contributed by atoms with Crippen molar-refractivity contribution >= 4 is 18.1 Å². The minimum atomic E-state index is -1.72. The van der Waals surface area contributed by atoms with Crippen LogP contribution in [0.4, 0.5) is 4.39 Å². The van der Waals surface area contributed by atoms with Gasteiger partial charge in [-0.15, -0.1) is 0 Å². The SMILES string of the molecule is O=c1c2ccnn2ccn1Cc1ccc(B(O)O)cc1F. The molecule has 2 aromatic heterocycles. The zero-order chi connectivity index (χ0) is 15.0. The third kappa shape index (κ3) is 2.46. The van der Waals surface area contributed by atoms with Crippen LogP contribution in [-0.2, 0) is 6.54 Å². The summed E-state index contributed by atoms with van der Waals surface area (Å²) in [5.74, 6) is -0.596. The van der Waals surface area contributed by atoms with E-state index in [4.69, 9.17) is 10.0 Å². The fraction of sp³-hybridized carbons (Fsp3) is 0.0769. The zero-order valence-corrected chi connectivity index (χ0v) is 10.8. The van der Waals surface area contributed by atoms with E-state index < -0.39 is 12.9 Å². The molecule has 0 amide bonds. The molecule has 2 N–H and O–H groups in total. The highest BCUT2D eigenvalue weighted by Crippen LogP contribution is 2.07. The normalized spacial score (nSPS) is 11.0. The number of rotatable bonds is 3. The lowest BCUT2D eigenvalue weighted by Gasteiger charge is -2.08. The van der Waals surface area contributed by atoms with Crippen molar-refractivity contribution in [3.05, 3.63) is 64.6 Å². The summed E-state index contributed by atoms with van der Waals surface area (Å²) >= 11 is 0. The lowest BCUT2D eigenvalue weighted by Crippen LogP contribution is -2.30. The number of benzene rings is 1. The molecular formula is C13H11BFN3O3. The number of halogens is 1. The zero-order valence-electron chi connectivity index (χ0n) is 10.8. The van der Waals surface area contributed by atoms with E-state index in [0.29, 0.717) is 5.52 Å². The highest BCUT2D eigenvalue weighted by Gasteiger charge is 2.14. The Kier molecular flexibility index (Phi) is 3.32. The first kappa shape index (κ1) is 13.5. The summed E-state index contributed by atoms with van der Waals surface area (Å²) in [6, 6.07) is 5.46. The van der Waals surface area contributed by atoms with Gasteiger partial charge in [0, 0.05) is 18.0 Å². The van der Waals surface area contributed by atoms with Gasteiger partial charge in [-0.25, -0.2) is 8.91 Å². The number of fused-ring (bicyclic) bond motifs is 1. The molecule has 3 aromatic rings. The lowest BCUT2D eigenvalue weighted by molar-refractivity contribution is 0.425. The monoisotopic (exact) mass is 287 g/mol. The summed E-state index contributed by atoms with van der Waals surface area (Å²) in [7, 11) is -1.72. The van der Waals surface area contributed by atoms with E-state index in [2.05, 4.69) is 5.10 Å². The molecule has 0 unspecified atom stereocenters.